The third-order valence-electron chi connectivity index (χ3n) is 3.27. The van der Waals surface area contributed by atoms with Gasteiger partial charge in [0.05, 0.1) is 12.6 Å². The Morgan fingerprint density at radius 1 is 1.53 bits per heavy atom. The maximum absolute atomic E-state index is 13.1. The summed E-state index contributed by atoms with van der Waals surface area (Å²) in [5.74, 6) is -0.681. The van der Waals surface area contributed by atoms with E-state index in [1.807, 2.05) is 6.92 Å². The lowest BCUT2D eigenvalue weighted by Gasteiger charge is -2.21. The molecule has 1 aromatic carbocycles. The molecule has 102 valence electrons. The molecular formula is C14H17FN2O2. The molecule has 0 aliphatic carbocycles. The number of hydrogen-bond donors (Lipinski definition) is 1. The summed E-state index contributed by atoms with van der Waals surface area (Å²) in [7, 11) is 0. The molecule has 1 aliphatic rings. The van der Waals surface area contributed by atoms with Crippen LogP contribution in [0.2, 0.25) is 0 Å². The second kappa shape index (κ2) is 5.82. The third kappa shape index (κ3) is 3.10. The van der Waals surface area contributed by atoms with Crippen molar-refractivity contribution in [1.29, 1.82) is 0 Å². The molecule has 1 fully saturated rings. The van der Waals surface area contributed by atoms with Crippen LogP contribution in [0.25, 0.3) is 0 Å². The number of urea groups is 1. The molecule has 1 saturated heterocycles. The van der Waals surface area contributed by atoms with Gasteiger partial charge in [-0.05, 0) is 18.6 Å². The van der Waals surface area contributed by atoms with Crippen molar-refractivity contribution in [3.8, 4) is 0 Å². The fourth-order valence-electron chi connectivity index (χ4n) is 2.28. The monoisotopic (exact) mass is 264 g/mol. The van der Waals surface area contributed by atoms with Crippen LogP contribution in [0.5, 0.6) is 0 Å². The first kappa shape index (κ1) is 13.5. The minimum atomic E-state index is -0.443. The van der Waals surface area contributed by atoms with Crippen LogP contribution in [0.15, 0.2) is 24.3 Å². The zero-order chi connectivity index (χ0) is 13.8. The van der Waals surface area contributed by atoms with Gasteiger partial charge < -0.3 is 10.2 Å². The number of ketones is 1. The Balaban J connectivity index is 2.07. The standard InChI is InChI=1S/C14H17FN2O2/c1-2-4-12-8-16-14(19)17(12)9-13(18)10-5-3-6-11(15)7-10/h3,5-7,12H,2,4,8-9H2,1H3,(H,16,19)/t12-/m0/s1. The molecule has 1 aliphatic heterocycles. The Morgan fingerprint density at radius 2 is 2.32 bits per heavy atom. The van der Waals surface area contributed by atoms with Gasteiger partial charge in [-0.2, -0.15) is 0 Å². The largest absolute Gasteiger partial charge is 0.336 e. The van der Waals surface area contributed by atoms with Crippen molar-refractivity contribution in [2.45, 2.75) is 25.8 Å². The van der Waals surface area contributed by atoms with Crippen LogP contribution >= 0.6 is 0 Å². The quantitative estimate of drug-likeness (QED) is 0.829. The van der Waals surface area contributed by atoms with Crippen LogP contribution in [0, 0.1) is 5.82 Å². The number of halogens is 1. The van der Waals surface area contributed by atoms with Crippen LogP contribution in [0.1, 0.15) is 30.1 Å². The summed E-state index contributed by atoms with van der Waals surface area (Å²) in [6.07, 6.45) is 1.81. The van der Waals surface area contributed by atoms with E-state index in [-0.39, 0.29) is 24.4 Å². The number of amides is 2. The van der Waals surface area contributed by atoms with Crippen molar-refractivity contribution in [3.63, 3.8) is 0 Å². The minimum Gasteiger partial charge on any atom is -0.336 e. The molecule has 5 heteroatoms. The SMILES string of the molecule is CCC[C@H]1CNC(=O)N1CC(=O)c1cccc(F)c1. The number of nitrogens with zero attached hydrogens (tertiary/aromatic N) is 1. The lowest BCUT2D eigenvalue weighted by Crippen LogP contribution is -2.38. The number of carbonyl (C=O) groups is 2. The molecule has 2 rings (SSSR count). The van der Waals surface area contributed by atoms with Crippen LogP contribution < -0.4 is 5.32 Å². The Kier molecular flexibility index (Phi) is 4.14. The van der Waals surface area contributed by atoms with Gasteiger partial charge in [0.15, 0.2) is 5.78 Å². The van der Waals surface area contributed by atoms with Gasteiger partial charge in [-0.1, -0.05) is 25.5 Å². The van der Waals surface area contributed by atoms with Gasteiger partial charge >= 0.3 is 6.03 Å². The predicted molar refractivity (Wildman–Crippen MR) is 69.5 cm³/mol. The molecule has 0 radical (unpaired) electrons. The van der Waals surface area contributed by atoms with E-state index in [4.69, 9.17) is 0 Å². The van der Waals surface area contributed by atoms with Crippen molar-refractivity contribution < 1.29 is 14.0 Å². The molecule has 1 atom stereocenters. The normalized spacial score (nSPS) is 18.5. The van der Waals surface area contributed by atoms with Gasteiger partial charge in [0.25, 0.3) is 0 Å². The summed E-state index contributed by atoms with van der Waals surface area (Å²) >= 11 is 0. The van der Waals surface area contributed by atoms with Crippen molar-refractivity contribution in [2.75, 3.05) is 13.1 Å². The number of nitrogens with one attached hydrogen (secondary N) is 1. The molecule has 0 bridgehead atoms. The summed E-state index contributed by atoms with van der Waals surface area (Å²) in [4.78, 5) is 25.3. The highest BCUT2D eigenvalue weighted by Gasteiger charge is 2.31. The highest BCUT2D eigenvalue weighted by molar-refractivity contribution is 5.99. The number of rotatable bonds is 5. The summed E-state index contributed by atoms with van der Waals surface area (Å²) in [5.41, 5.74) is 0.301. The highest BCUT2D eigenvalue weighted by atomic mass is 19.1. The number of hydrogen-bond acceptors (Lipinski definition) is 2. The average Bonchev–Trinajstić information content (AvgIpc) is 2.72. The van der Waals surface area contributed by atoms with Gasteiger partial charge in [-0.3, -0.25) is 4.79 Å². The minimum absolute atomic E-state index is 0.0000463. The molecule has 0 saturated carbocycles. The maximum Gasteiger partial charge on any atom is 0.318 e. The van der Waals surface area contributed by atoms with Gasteiger partial charge in [0.1, 0.15) is 5.82 Å². The molecule has 0 aromatic heterocycles. The van der Waals surface area contributed by atoms with Gasteiger partial charge in [0, 0.05) is 12.1 Å². The smallest absolute Gasteiger partial charge is 0.318 e. The molecular weight excluding hydrogens is 247 g/mol. The van der Waals surface area contributed by atoms with Crippen molar-refractivity contribution >= 4 is 11.8 Å². The summed E-state index contributed by atoms with van der Waals surface area (Å²) in [6, 6.07) is 5.38. The van der Waals surface area contributed by atoms with Gasteiger partial charge in [0.2, 0.25) is 0 Å². The maximum atomic E-state index is 13.1. The fraction of sp³-hybridized carbons (Fsp3) is 0.429. The van der Waals surface area contributed by atoms with Crippen LogP contribution in [-0.2, 0) is 0 Å². The molecule has 2 amide bonds. The van der Waals surface area contributed by atoms with E-state index in [9.17, 15) is 14.0 Å². The zero-order valence-electron chi connectivity index (χ0n) is 10.9. The van der Waals surface area contributed by atoms with Crippen LogP contribution in [-0.4, -0.2) is 35.8 Å². The van der Waals surface area contributed by atoms with E-state index in [1.165, 1.54) is 23.1 Å². The average molecular weight is 264 g/mol. The summed E-state index contributed by atoms with van der Waals surface area (Å²) < 4.78 is 13.1. The second-order valence-corrected chi connectivity index (χ2v) is 4.69. The zero-order valence-corrected chi connectivity index (χ0v) is 10.9. The van der Waals surface area contributed by atoms with Crippen molar-refractivity contribution in [3.05, 3.63) is 35.6 Å². The van der Waals surface area contributed by atoms with E-state index in [2.05, 4.69) is 5.32 Å². The van der Waals surface area contributed by atoms with Crippen molar-refractivity contribution in [1.82, 2.24) is 10.2 Å². The predicted octanol–water partition coefficient (Wildman–Crippen LogP) is 2.20. The molecule has 1 aromatic rings. The summed E-state index contributed by atoms with van der Waals surface area (Å²) in [6.45, 7) is 2.61. The molecule has 1 heterocycles. The highest BCUT2D eigenvalue weighted by Crippen LogP contribution is 2.14. The van der Waals surface area contributed by atoms with E-state index in [1.54, 1.807) is 6.07 Å². The number of benzene rings is 1. The third-order valence-corrected chi connectivity index (χ3v) is 3.27. The number of carbonyl (C=O) groups excluding carboxylic acids is 2. The molecule has 4 nitrogen and oxygen atoms in total. The first-order valence-electron chi connectivity index (χ1n) is 6.45. The Hall–Kier alpha value is -1.91. The molecule has 1 N–H and O–H groups in total. The summed E-state index contributed by atoms with van der Waals surface area (Å²) in [5, 5.41) is 2.73. The molecule has 0 spiro atoms. The van der Waals surface area contributed by atoms with E-state index >= 15 is 0 Å². The van der Waals surface area contributed by atoms with Gasteiger partial charge in [-0.25, -0.2) is 9.18 Å². The Morgan fingerprint density at radius 3 is 3.00 bits per heavy atom. The van der Waals surface area contributed by atoms with Crippen LogP contribution in [0.3, 0.4) is 0 Å². The van der Waals surface area contributed by atoms with Crippen LogP contribution in [0.4, 0.5) is 9.18 Å². The molecule has 0 unspecified atom stereocenters. The number of Topliss-reactive ketones (excluding diaryl/α,β-unsaturated/α-hetero) is 1. The van der Waals surface area contributed by atoms with E-state index < -0.39 is 5.82 Å². The molecule has 19 heavy (non-hydrogen) atoms. The second-order valence-electron chi connectivity index (χ2n) is 4.69. The first-order valence-corrected chi connectivity index (χ1v) is 6.45. The Bertz CT molecular complexity index is 490. The van der Waals surface area contributed by atoms with Gasteiger partial charge in [-0.15, -0.1) is 0 Å². The Labute approximate surface area is 111 Å². The van der Waals surface area contributed by atoms with E-state index in [0.717, 1.165) is 12.8 Å². The topological polar surface area (TPSA) is 49.4 Å². The fourth-order valence-corrected chi connectivity index (χ4v) is 2.28. The van der Waals surface area contributed by atoms with Crippen molar-refractivity contribution in [2.24, 2.45) is 0 Å². The van der Waals surface area contributed by atoms with E-state index in [0.29, 0.717) is 12.1 Å². The lowest BCUT2D eigenvalue weighted by molar-refractivity contribution is 0.0934. The first-order chi connectivity index (χ1) is 9.11. The lowest BCUT2D eigenvalue weighted by atomic mass is 10.1.